The zero-order valence-corrected chi connectivity index (χ0v) is 9.46. The summed E-state index contributed by atoms with van der Waals surface area (Å²) < 4.78 is 0. The predicted octanol–water partition coefficient (Wildman–Crippen LogP) is 1.15. The average Bonchev–Trinajstić information content (AvgIpc) is 2.29. The van der Waals surface area contributed by atoms with E-state index >= 15 is 0 Å². The fourth-order valence-electron chi connectivity index (χ4n) is 1.69. The van der Waals surface area contributed by atoms with E-state index in [1.54, 1.807) is 24.2 Å². The molecule has 1 aliphatic rings. The Balaban J connectivity index is 1.84. The Labute approximate surface area is 94.1 Å². The minimum absolute atomic E-state index is 0.552. The number of aromatic nitrogens is 2. The molecule has 0 aliphatic carbocycles. The predicted molar refractivity (Wildman–Crippen MR) is 62.8 cm³/mol. The molecule has 1 aromatic heterocycles. The van der Waals surface area contributed by atoms with E-state index in [-0.39, 0.29) is 0 Å². The van der Waals surface area contributed by atoms with Crippen LogP contribution in [0.25, 0.3) is 0 Å². The van der Waals surface area contributed by atoms with Gasteiger partial charge >= 0.3 is 0 Å². The van der Waals surface area contributed by atoms with Crippen molar-refractivity contribution in [2.24, 2.45) is 5.92 Å². The second-order valence-corrected chi connectivity index (χ2v) is 4.76. The molecule has 4 nitrogen and oxygen atoms in total. The Morgan fingerprint density at radius 1 is 1.33 bits per heavy atom. The van der Waals surface area contributed by atoms with Crippen LogP contribution in [0.15, 0.2) is 17.4 Å². The van der Waals surface area contributed by atoms with Gasteiger partial charge in [-0.25, -0.2) is 9.97 Å². The number of nitrogen functional groups attached to an aromatic ring is 1. The van der Waals surface area contributed by atoms with Crippen molar-refractivity contribution in [3.8, 4) is 0 Å². The van der Waals surface area contributed by atoms with Crippen molar-refractivity contribution in [3.05, 3.63) is 12.4 Å². The molecule has 0 aromatic carbocycles. The number of nitrogens with one attached hydrogen (secondary N) is 1. The van der Waals surface area contributed by atoms with Gasteiger partial charge in [0.2, 0.25) is 0 Å². The lowest BCUT2D eigenvalue weighted by atomic mass is 10.0. The number of piperidine rings is 1. The van der Waals surface area contributed by atoms with Gasteiger partial charge in [0.05, 0.1) is 0 Å². The molecule has 0 unspecified atom stereocenters. The van der Waals surface area contributed by atoms with E-state index in [9.17, 15) is 0 Å². The lowest BCUT2D eigenvalue weighted by molar-refractivity contribution is 0.408. The van der Waals surface area contributed by atoms with Crippen LogP contribution in [-0.2, 0) is 0 Å². The SMILES string of the molecule is Nc1nccnc1SCC1CCNCC1. The summed E-state index contributed by atoms with van der Waals surface area (Å²) in [7, 11) is 0. The molecule has 3 N–H and O–H groups in total. The van der Waals surface area contributed by atoms with Crippen molar-refractivity contribution in [2.45, 2.75) is 17.9 Å². The number of anilines is 1. The Hall–Kier alpha value is -0.810. The van der Waals surface area contributed by atoms with E-state index in [2.05, 4.69) is 15.3 Å². The quantitative estimate of drug-likeness (QED) is 0.754. The first-order chi connectivity index (χ1) is 7.36. The maximum atomic E-state index is 5.73. The lowest BCUT2D eigenvalue weighted by Crippen LogP contribution is -2.28. The normalized spacial score (nSPS) is 17.9. The highest BCUT2D eigenvalue weighted by atomic mass is 32.2. The molecule has 1 saturated heterocycles. The van der Waals surface area contributed by atoms with Crippen molar-refractivity contribution in [1.29, 1.82) is 0 Å². The highest BCUT2D eigenvalue weighted by molar-refractivity contribution is 7.99. The maximum Gasteiger partial charge on any atom is 0.156 e. The zero-order chi connectivity index (χ0) is 10.5. The van der Waals surface area contributed by atoms with Gasteiger partial charge in [-0.2, -0.15) is 0 Å². The summed E-state index contributed by atoms with van der Waals surface area (Å²) in [5.74, 6) is 2.44. The monoisotopic (exact) mass is 224 g/mol. The molecule has 2 heterocycles. The molecule has 5 heteroatoms. The Morgan fingerprint density at radius 2 is 2.07 bits per heavy atom. The number of thioether (sulfide) groups is 1. The van der Waals surface area contributed by atoms with Crippen LogP contribution in [0.3, 0.4) is 0 Å². The van der Waals surface area contributed by atoms with Gasteiger partial charge < -0.3 is 11.1 Å². The van der Waals surface area contributed by atoms with Crippen LogP contribution in [-0.4, -0.2) is 28.8 Å². The molecule has 1 fully saturated rings. The van der Waals surface area contributed by atoms with Crippen molar-refractivity contribution in [2.75, 3.05) is 24.6 Å². The number of rotatable bonds is 3. The minimum atomic E-state index is 0.552. The second-order valence-electron chi connectivity index (χ2n) is 3.75. The number of nitrogens with zero attached hydrogens (tertiary/aromatic N) is 2. The van der Waals surface area contributed by atoms with Gasteiger partial charge in [-0.1, -0.05) is 0 Å². The molecule has 82 valence electrons. The summed E-state index contributed by atoms with van der Waals surface area (Å²) >= 11 is 1.73. The van der Waals surface area contributed by atoms with Crippen molar-refractivity contribution < 1.29 is 0 Å². The average molecular weight is 224 g/mol. The van der Waals surface area contributed by atoms with Gasteiger partial charge in [0, 0.05) is 18.1 Å². The largest absolute Gasteiger partial charge is 0.381 e. The van der Waals surface area contributed by atoms with Crippen LogP contribution in [0.1, 0.15) is 12.8 Å². The topological polar surface area (TPSA) is 63.8 Å². The van der Waals surface area contributed by atoms with Crippen LogP contribution in [0.5, 0.6) is 0 Å². The molecule has 15 heavy (non-hydrogen) atoms. The van der Waals surface area contributed by atoms with Gasteiger partial charge in [0.15, 0.2) is 5.82 Å². The Morgan fingerprint density at radius 3 is 2.80 bits per heavy atom. The van der Waals surface area contributed by atoms with E-state index in [4.69, 9.17) is 5.73 Å². The first kappa shape index (κ1) is 10.7. The molecule has 0 radical (unpaired) electrons. The molecule has 1 aliphatic heterocycles. The highest BCUT2D eigenvalue weighted by Crippen LogP contribution is 2.25. The molecule has 0 atom stereocenters. The van der Waals surface area contributed by atoms with Gasteiger partial charge in [-0.05, 0) is 31.8 Å². The molecule has 0 bridgehead atoms. The zero-order valence-electron chi connectivity index (χ0n) is 8.65. The van der Waals surface area contributed by atoms with Gasteiger partial charge in [-0.3, -0.25) is 0 Å². The standard InChI is InChI=1S/C10H16N4S/c11-9-10(14-6-5-13-9)15-7-8-1-3-12-4-2-8/h5-6,8,12H,1-4,7H2,(H2,11,13). The van der Waals surface area contributed by atoms with Crippen LogP contribution >= 0.6 is 11.8 Å². The molecular weight excluding hydrogens is 208 g/mol. The maximum absolute atomic E-state index is 5.73. The number of nitrogens with two attached hydrogens (primary N) is 1. The fourth-order valence-corrected chi connectivity index (χ4v) is 2.76. The van der Waals surface area contributed by atoms with E-state index in [1.807, 2.05) is 0 Å². The summed E-state index contributed by atoms with van der Waals surface area (Å²) in [5.41, 5.74) is 5.73. The second kappa shape index (κ2) is 5.32. The molecule has 0 saturated carbocycles. The lowest BCUT2D eigenvalue weighted by Gasteiger charge is -2.21. The summed E-state index contributed by atoms with van der Waals surface area (Å²) in [4.78, 5) is 8.25. The third-order valence-corrected chi connectivity index (χ3v) is 3.83. The van der Waals surface area contributed by atoms with Crippen LogP contribution in [0, 0.1) is 5.92 Å². The summed E-state index contributed by atoms with van der Waals surface area (Å²) in [6.07, 6.45) is 5.84. The van der Waals surface area contributed by atoms with Crippen LogP contribution in [0.4, 0.5) is 5.82 Å². The van der Waals surface area contributed by atoms with Gasteiger partial charge in [-0.15, -0.1) is 11.8 Å². The molecule has 0 spiro atoms. The van der Waals surface area contributed by atoms with E-state index in [0.29, 0.717) is 5.82 Å². The van der Waals surface area contributed by atoms with Crippen molar-refractivity contribution >= 4 is 17.6 Å². The van der Waals surface area contributed by atoms with Gasteiger partial charge in [0.1, 0.15) is 5.03 Å². The number of hydrogen-bond acceptors (Lipinski definition) is 5. The van der Waals surface area contributed by atoms with Crippen molar-refractivity contribution in [3.63, 3.8) is 0 Å². The van der Waals surface area contributed by atoms with E-state index in [0.717, 1.165) is 29.8 Å². The molecule has 2 rings (SSSR count). The molecular formula is C10H16N4S. The fraction of sp³-hybridized carbons (Fsp3) is 0.600. The van der Waals surface area contributed by atoms with E-state index < -0.39 is 0 Å². The van der Waals surface area contributed by atoms with E-state index in [1.165, 1.54) is 12.8 Å². The highest BCUT2D eigenvalue weighted by Gasteiger charge is 2.14. The Kier molecular flexibility index (Phi) is 3.80. The minimum Gasteiger partial charge on any atom is -0.381 e. The van der Waals surface area contributed by atoms with Crippen LogP contribution < -0.4 is 11.1 Å². The molecule has 1 aromatic rings. The summed E-state index contributed by atoms with van der Waals surface area (Å²) in [6, 6.07) is 0. The Bertz CT molecular complexity index is 312. The van der Waals surface area contributed by atoms with Crippen molar-refractivity contribution in [1.82, 2.24) is 15.3 Å². The summed E-state index contributed by atoms with van der Waals surface area (Å²) in [6.45, 7) is 2.28. The third-order valence-electron chi connectivity index (χ3n) is 2.61. The third kappa shape index (κ3) is 3.07. The molecule has 0 amide bonds. The first-order valence-corrected chi connectivity index (χ1v) is 6.25. The summed E-state index contributed by atoms with van der Waals surface area (Å²) in [5, 5.41) is 4.23. The van der Waals surface area contributed by atoms with Gasteiger partial charge in [0.25, 0.3) is 0 Å². The smallest absolute Gasteiger partial charge is 0.156 e. The first-order valence-electron chi connectivity index (χ1n) is 5.26. The number of hydrogen-bond donors (Lipinski definition) is 2. The van der Waals surface area contributed by atoms with Crippen LogP contribution in [0.2, 0.25) is 0 Å².